The van der Waals surface area contributed by atoms with Crippen molar-refractivity contribution in [1.29, 1.82) is 0 Å². The predicted octanol–water partition coefficient (Wildman–Crippen LogP) is 5.65. The second kappa shape index (κ2) is 10.6. The van der Waals surface area contributed by atoms with Crippen LogP contribution in [0.15, 0.2) is 22.7 Å². The van der Waals surface area contributed by atoms with Crippen LogP contribution in [0.3, 0.4) is 0 Å². The summed E-state index contributed by atoms with van der Waals surface area (Å²) in [4.78, 5) is 25.1. The highest BCUT2D eigenvalue weighted by molar-refractivity contribution is 6.21. The van der Waals surface area contributed by atoms with Gasteiger partial charge in [0, 0.05) is 18.9 Å². The summed E-state index contributed by atoms with van der Waals surface area (Å²) in [5.74, 6) is -0.702. The minimum Gasteiger partial charge on any atom is -0.381 e. The highest BCUT2D eigenvalue weighted by atomic mass is 19.1. The average molecular weight is 485 g/mol. The van der Waals surface area contributed by atoms with Gasteiger partial charge in [-0.1, -0.05) is 32.1 Å². The smallest absolute Gasteiger partial charge is 0.253 e. The fourth-order valence-electron chi connectivity index (χ4n) is 5.80. The van der Waals surface area contributed by atoms with Crippen molar-refractivity contribution >= 4 is 22.7 Å². The third-order valence-electron chi connectivity index (χ3n) is 7.83. The maximum Gasteiger partial charge on any atom is 0.253 e. The zero-order chi connectivity index (χ0) is 24.4. The number of aromatic nitrogens is 2. The van der Waals surface area contributed by atoms with Crippen LogP contribution in [0, 0.1) is 17.6 Å². The number of fused-ring (bicyclic) bond motifs is 1. The van der Waals surface area contributed by atoms with Crippen molar-refractivity contribution < 1.29 is 18.3 Å². The van der Waals surface area contributed by atoms with E-state index in [0.717, 1.165) is 38.5 Å². The molecule has 1 atom stereocenters. The summed E-state index contributed by atoms with van der Waals surface area (Å²) >= 11 is 0. The van der Waals surface area contributed by atoms with E-state index in [2.05, 4.69) is 20.3 Å². The van der Waals surface area contributed by atoms with Crippen LogP contribution in [0.25, 0.3) is 11.0 Å². The first-order valence-electron chi connectivity index (χ1n) is 13.0. The number of hydrogen-bond donors (Lipinski definition) is 2. The van der Waals surface area contributed by atoms with Gasteiger partial charge in [-0.25, -0.2) is 13.8 Å². The molecule has 1 aromatic carbocycles. The molecule has 8 heteroatoms. The van der Waals surface area contributed by atoms with Crippen LogP contribution in [-0.4, -0.2) is 41.3 Å². The molecule has 0 spiro atoms. The Labute approximate surface area is 204 Å². The first-order chi connectivity index (χ1) is 17.0. The molecule has 2 fully saturated rings. The van der Waals surface area contributed by atoms with E-state index in [-0.39, 0.29) is 28.8 Å². The number of halogens is 2. The Morgan fingerprint density at radius 2 is 1.83 bits per heavy atom. The number of aromatic amines is 1. The summed E-state index contributed by atoms with van der Waals surface area (Å²) in [5, 5.41) is 3.16. The van der Waals surface area contributed by atoms with Gasteiger partial charge in [0.1, 0.15) is 16.9 Å². The number of imidazole rings is 1. The molecule has 1 aromatic heterocycles. The molecule has 1 aliphatic carbocycles. The Bertz CT molecular complexity index is 1140. The average Bonchev–Trinajstić information content (AvgIpc) is 3.48. The van der Waals surface area contributed by atoms with Crippen molar-refractivity contribution in [3.8, 4) is 0 Å². The van der Waals surface area contributed by atoms with E-state index in [0.29, 0.717) is 55.3 Å². The second-order valence-electron chi connectivity index (χ2n) is 10.1. The number of carbonyl (C=O) groups is 1. The van der Waals surface area contributed by atoms with Gasteiger partial charge in [0.15, 0.2) is 11.6 Å². The van der Waals surface area contributed by atoms with Crippen LogP contribution in [0.4, 0.5) is 8.78 Å². The van der Waals surface area contributed by atoms with E-state index in [9.17, 15) is 4.79 Å². The summed E-state index contributed by atoms with van der Waals surface area (Å²) in [6.07, 6.45) is 10.7. The maximum atomic E-state index is 15.6. The van der Waals surface area contributed by atoms with E-state index in [1.807, 2.05) is 13.0 Å². The van der Waals surface area contributed by atoms with Gasteiger partial charge in [-0.05, 0) is 62.1 Å². The molecule has 2 N–H and O–H groups in total. The van der Waals surface area contributed by atoms with Gasteiger partial charge in [-0.3, -0.25) is 9.79 Å². The Hall–Kier alpha value is -2.61. The van der Waals surface area contributed by atoms with E-state index in [4.69, 9.17) is 4.74 Å². The zero-order valence-corrected chi connectivity index (χ0v) is 20.3. The lowest BCUT2D eigenvalue weighted by molar-refractivity contribution is -0.118. The number of ether oxygens (including phenoxy) is 1. The third kappa shape index (κ3) is 5.03. The molecule has 2 aromatic rings. The maximum absolute atomic E-state index is 15.6. The highest BCUT2D eigenvalue weighted by Gasteiger charge is 2.32. The third-order valence-corrected chi connectivity index (χ3v) is 7.83. The Morgan fingerprint density at radius 1 is 1.11 bits per heavy atom. The molecule has 3 heterocycles. The quantitative estimate of drug-likeness (QED) is 0.575. The van der Waals surface area contributed by atoms with Crippen LogP contribution in [0.2, 0.25) is 0 Å². The van der Waals surface area contributed by atoms with E-state index in [1.165, 1.54) is 12.5 Å². The summed E-state index contributed by atoms with van der Waals surface area (Å²) in [6.45, 7) is 3.42. The lowest BCUT2D eigenvalue weighted by Gasteiger charge is -2.28. The SMILES string of the molecule is CC1=NCC=C1C(=O)NC(c1nc2c(F)cc(C3CCOCC3)c(F)c2[nH]1)C1CCCCCCC1. The Kier molecular flexibility index (Phi) is 7.27. The molecular formula is C27H34F2N4O2. The van der Waals surface area contributed by atoms with Crippen LogP contribution in [-0.2, 0) is 9.53 Å². The van der Waals surface area contributed by atoms with Crippen LogP contribution in [0.1, 0.15) is 88.1 Å². The molecular weight excluding hydrogens is 450 g/mol. The van der Waals surface area contributed by atoms with Gasteiger partial charge in [0.2, 0.25) is 0 Å². The normalized spacial score (nSPS) is 21.3. The predicted molar refractivity (Wildman–Crippen MR) is 132 cm³/mol. The first kappa shape index (κ1) is 24.1. The summed E-state index contributed by atoms with van der Waals surface area (Å²) in [5.41, 5.74) is 1.74. The number of benzene rings is 1. The molecule has 1 saturated carbocycles. The number of H-pyrrole nitrogens is 1. The van der Waals surface area contributed by atoms with Crippen molar-refractivity contribution in [1.82, 2.24) is 15.3 Å². The molecule has 3 aliphatic rings. The summed E-state index contributed by atoms with van der Waals surface area (Å²) < 4.78 is 36.2. The number of nitrogens with one attached hydrogen (secondary N) is 2. The van der Waals surface area contributed by atoms with Crippen molar-refractivity contribution in [2.24, 2.45) is 10.9 Å². The number of rotatable bonds is 5. The topological polar surface area (TPSA) is 79.4 Å². The first-order valence-corrected chi connectivity index (χ1v) is 13.0. The summed E-state index contributed by atoms with van der Waals surface area (Å²) in [6, 6.07) is 0.845. The lowest BCUT2D eigenvalue weighted by Crippen LogP contribution is -2.36. The van der Waals surface area contributed by atoms with Crippen LogP contribution >= 0.6 is 0 Å². The van der Waals surface area contributed by atoms with Gasteiger partial charge in [-0.15, -0.1) is 0 Å². The van der Waals surface area contributed by atoms with E-state index in [1.54, 1.807) is 0 Å². The number of carbonyl (C=O) groups excluding carboxylic acids is 1. The fraction of sp³-hybridized carbons (Fsp3) is 0.593. The van der Waals surface area contributed by atoms with Gasteiger partial charge in [0.25, 0.3) is 5.91 Å². The molecule has 35 heavy (non-hydrogen) atoms. The molecule has 0 radical (unpaired) electrons. The molecule has 5 rings (SSSR count). The van der Waals surface area contributed by atoms with E-state index >= 15 is 8.78 Å². The monoisotopic (exact) mass is 484 g/mol. The van der Waals surface area contributed by atoms with Gasteiger partial charge >= 0.3 is 0 Å². The van der Waals surface area contributed by atoms with Crippen LogP contribution in [0.5, 0.6) is 0 Å². The molecule has 1 saturated heterocycles. The standard InChI is InChI=1S/C27H34F2N4O2/c1-16-19(9-12-30-16)27(34)33-23(18-7-5-3-2-4-6-8-18)26-31-24-21(28)15-20(22(29)25(24)32-26)17-10-13-35-14-11-17/h9,15,17-18,23H,2-8,10-14H2,1H3,(H,31,32)(H,33,34). The molecule has 0 bridgehead atoms. The van der Waals surface area contributed by atoms with Crippen molar-refractivity contribution in [3.63, 3.8) is 0 Å². The largest absolute Gasteiger partial charge is 0.381 e. The lowest BCUT2D eigenvalue weighted by atomic mass is 9.85. The molecule has 2 aliphatic heterocycles. The molecule has 1 unspecified atom stereocenters. The second-order valence-corrected chi connectivity index (χ2v) is 10.1. The van der Waals surface area contributed by atoms with Gasteiger partial charge in [0.05, 0.1) is 18.2 Å². The van der Waals surface area contributed by atoms with Crippen molar-refractivity contribution in [2.45, 2.75) is 76.7 Å². The molecule has 188 valence electrons. The minimum absolute atomic E-state index is 0.00349. The van der Waals surface area contributed by atoms with Crippen molar-refractivity contribution in [3.05, 3.63) is 40.7 Å². The number of nitrogens with zero attached hydrogens (tertiary/aromatic N) is 2. The molecule has 1 amide bonds. The van der Waals surface area contributed by atoms with Gasteiger partial charge in [-0.2, -0.15) is 0 Å². The van der Waals surface area contributed by atoms with E-state index < -0.39 is 17.7 Å². The number of aliphatic imine (C=N–C) groups is 1. The van der Waals surface area contributed by atoms with Crippen molar-refractivity contribution in [2.75, 3.05) is 19.8 Å². The van der Waals surface area contributed by atoms with Gasteiger partial charge < -0.3 is 15.0 Å². The molecule has 6 nitrogen and oxygen atoms in total. The zero-order valence-electron chi connectivity index (χ0n) is 20.3. The number of hydrogen-bond acceptors (Lipinski definition) is 4. The Morgan fingerprint density at radius 3 is 2.51 bits per heavy atom. The summed E-state index contributed by atoms with van der Waals surface area (Å²) in [7, 11) is 0. The minimum atomic E-state index is -0.533. The fourth-order valence-corrected chi connectivity index (χ4v) is 5.80. The number of amides is 1. The highest BCUT2D eigenvalue weighted by Crippen LogP contribution is 2.36. The van der Waals surface area contributed by atoms with Crippen LogP contribution < -0.4 is 5.32 Å². The Balaban J connectivity index is 1.51.